The first-order chi connectivity index (χ1) is 9.74. The van der Waals surface area contributed by atoms with Gasteiger partial charge in [-0.1, -0.05) is 17.7 Å². The molecule has 0 fully saturated rings. The summed E-state index contributed by atoms with van der Waals surface area (Å²) in [6.07, 6.45) is 1.93. The van der Waals surface area contributed by atoms with Crippen LogP contribution in [0.2, 0.25) is 5.15 Å². The van der Waals surface area contributed by atoms with Crippen molar-refractivity contribution in [3.63, 3.8) is 0 Å². The molecule has 1 aliphatic rings. The van der Waals surface area contributed by atoms with E-state index >= 15 is 0 Å². The van der Waals surface area contributed by atoms with Crippen LogP contribution in [-0.2, 0) is 6.42 Å². The number of fused-ring (bicyclic) bond motifs is 1. The standard InChI is InChI=1S/C14H13ClN4O/c15-12-6-7-13(19-18-12)17-14(20)10-3-1-5-11-9(10)4-2-8-16-11/h1,3,5-7,16H,2,4,8H2,(H,17,19,20). The lowest BCUT2D eigenvalue weighted by molar-refractivity contribution is 0.102. The fraction of sp³-hybridized carbons (Fsp3) is 0.214. The average molecular weight is 289 g/mol. The van der Waals surface area contributed by atoms with Crippen LogP contribution in [-0.4, -0.2) is 22.6 Å². The summed E-state index contributed by atoms with van der Waals surface area (Å²) >= 11 is 5.67. The quantitative estimate of drug-likeness (QED) is 0.892. The number of nitrogens with one attached hydrogen (secondary N) is 2. The molecule has 1 aromatic heterocycles. The van der Waals surface area contributed by atoms with Gasteiger partial charge in [0, 0.05) is 17.8 Å². The second-order valence-corrected chi connectivity index (χ2v) is 4.94. The first kappa shape index (κ1) is 12.9. The highest BCUT2D eigenvalue weighted by Gasteiger charge is 2.17. The van der Waals surface area contributed by atoms with Crippen molar-refractivity contribution in [2.45, 2.75) is 12.8 Å². The third kappa shape index (κ3) is 2.58. The van der Waals surface area contributed by atoms with Gasteiger partial charge in [0.1, 0.15) is 0 Å². The Bertz CT molecular complexity index is 642. The van der Waals surface area contributed by atoms with Crippen LogP contribution in [0.3, 0.4) is 0 Å². The lowest BCUT2D eigenvalue weighted by Crippen LogP contribution is -2.19. The van der Waals surface area contributed by atoms with Crippen LogP contribution >= 0.6 is 11.6 Å². The zero-order chi connectivity index (χ0) is 13.9. The summed E-state index contributed by atoms with van der Waals surface area (Å²) in [5.74, 6) is 0.211. The maximum Gasteiger partial charge on any atom is 0.257 e. The summed E-state index contributed by atoms with van der Waals surface area (Å²) in [7, 11) is 0. The molecule has 0 bridgehead atoms. The number of nitrogens with zero attached hydrogens (tertiary/aromatic N) is 2. The van der Waals surface area contributed by atoms with Gasteiger partial charge in [0.25, 0.3) is 5.91 Å². The normalized spacial score (nSPS) is 13.2. The van der Waals surface area contributed by atoms with Crippen molar-refractivity contribution >= 4 is 29.0 Å². The summed E-state index contributed by atoms with van der Waals surface area (Å²) in [5.41, 5.74) is 2.76. The van der Waals surface area contributed by atoms with Crippen LogP contribution < -0.4 is 10.6 Å². The molecule has 0 radical (unpaired) electrons. The molecule has 102 valence electrons. The fourth-order valence-corrected chi connectivity index (χ4v) is 2.39. The van der Waals surface area contributed by atoms with E-state index in [0.29, 0.717) is 16.5 Å². The maximum atomic E-state index is 12.3. The van der Waals surface area contributed by atoms with Gasteiger partial charge in [-0.05, 0) is 42.7 Å². The molecule has 1 aromatic carbocycles. The van der Waals surface area contributed by atoms with Crippen molar-refractivity contribution in [3.8, 4) is 0 Å². The number of rotatable bonds is 2. The van der Waals surface area contributed by atoms with Crippen molar-refractivity contribution in [2.75, 3.05) is 17.2 Å². The van der Waals surface area contributed by atoms with Gasteiger partial charge in [0.15, 0.2) is 11.0 Å². The third-order valence-electron chi connectivity index (χ3n) is 3.21. The smallest absolute Gasteiger partial charge is 0.257 e. The number of hydrogen-bond donors (Lipinski definition) is 2. The van der Waals surface area contributed by atoms with Gasteiger partial charge in [0.05, 0.1) is 0 Å². The molecule has 0 saturated heterocycles. The first-order valence-electron chi connectivity index (χ1n) is 6.40. The molecule has 2 aromatic rings. The minimum absolute atomic E-state index is 0.179. The Labute approximate surface area is 121 Å². The van der Waals surface area contributed by atoms with Crippen molar-refractivity contribution in [3.05, 3.63) is 46.6 Å². The molecule has 0 atom stereocenters. The minimum atomic E-state index is -0.179. The fourth-order valence-electron chi connectivity index (χ4n) is 2.29. The maximum absolute atomic E-state index is 12.3. The van der Waals surface area contributed by atoms with E-state index in [9.17, 15) is 4.79 Å². The molecule has 2 N–H and O–H groups in total. The van der Waals surface area contributed by atoms with E-state index in [4.69, 9.17) is 11.6 Å². The van der Waals surface area contributed by atoms with Crippen molar-refractivity contribution in [2.24, 2.45) is 0 Å². The molecule has 5 nitrogen and oxygen atoms in total. The summed E-state index contributed by atoms with van der Waals surface area (Å²) in [6, 6.07) is 8.91. The number of hydrogen-bond acceptors (Lipinski definition) is 4. The summed E-state index contributed by atoms with van der Waals surface area (Å²) in [5, 5.41) is 13.9. The van der Waals surface area contributed by atoms with Gasteiger partial charge in [0.2, 0.25) is 0 Å². The monoisotopic (exact) mass is 288 g/mol. The lowest BCUT2D eigenvalue weighted by atomic mass is 9.97. The Morgan fingerprint density at radius 2 is 2.15 bits per heavy atom. The van der Waals surface area contributed by atoms with Crippen LogP contribution in [0.5, 0.6) is 0 Å². The predicted molar refractivity (Wildman–Crippen MR) is 78.2 cm³/mol. The Hall–Kier alpha value is -2.14. The zero-order valence-corrected chi connectivity index (χ0v) is 11.4. The van der Waals surface area contributed by atoms with Crippen LogP contribution in [0, 0.1) is 0 Å². The van der Waals surface area contributed by atoms with Gasteiger partial charge in [-0.25, -0.2) is 0 Å². The second-order valence-electron chi connectivity index (χ2n) is 4.56. The van der Waals surface area contributed by atoms with Gasteiger partial charge in [-0.2, -0.15) is 0 Å². The average Bonchev–Trinajstić information content (AvgIpc) is 2.49. The molecule has 0 spiro atoms. The summed E-state index contributed by atoms with van der Waals surface area (Å²) in [4.78, 5) is 12.3. The van der Waals surface area contributed by atoms with Crippen molar-refractivity contribution in [1.82, 2.24) is 10.2 Å². The van der Waals surface area contributed by atoms with Crippen molar-refractivity contribution in [1.29, 1.82) is 0 Å². The van der Waals surface area contributed by atoms with E-state index in [1.54, 1.807) is 12.1 Å². The van der Waals surface area contributed by atoms with Crippen LogP contribution in [0.25, 0.3) is 0 Å². The number of anilines is 2. The number of halogens is 1. The Balaban J connectivity index is 1.85. The van der Waals surface area contributed by atoms with Crippen LogP contribution in [0.1, 0.15) is 22.3 Å². The predicted octanol–water partition coefficient (Wildman–Crippen LogP) is 2.74. The highest BCUT2D eigenvalue weighted by molar-refractivity contribution is 6.29. The summed E-state index contributed by atoms with van der Waals surface area (Å²) < 4.78 is 0. The van der Waals surface area contributed by atoms with E-state index in [-0.39, 0.29) is 5.91 Å². The molecule has 0 saturated carbocycles. The molecule has 20 heavy (non-hydrogen) atoms. The number of carbonyl (C=O) groups is 1. The highest BCUT2D eigenvalue weighted by Crippen LogP contribution is 2.25. The largest absolute Gasteiger partial charge is 0.385 e. The van der Waals surface area contributed by atoms with E-state index < -0.39 is 0 Å². The Morgan fingerprint density at radius 1 is 1.25 bits per heavy atom. The van der Waals surface area contributed by atoms with E-state index in [1.165, 1.54) is 0 Å². The first-order valence-corrected chi connectivity index (χ1v) is 6.78. The number of aromatic nitrogens is 2. The van der Waals surface area contributed by atoms with Gasteiger partial charge < -0.3 is 10.6 Å². The Morgan fingerprint density at radius 3 is 2.95 bits per heavy atom. The Kier molecular flexibility index (Phi) is 3.52. The molecule has 0 aliphatic carbocycles. The highest BCUT2D eigenvalue weighted by atomic mass is 35.5. The molecule has 1 amide bonds. The molecule has 2 heterocycles. The molecular formula is C14H13ClN4O. The molecule has 1 aliphatic heterocycles. The molecular weight excluding hydrogens is 276 g/mol. The molecule has 3 rings (SSSR count). The van der Waals surface area contributed by atoms with E-state index in [2.05, 4.69) is 20.8 Å². The van der Waals surface area contributed by atoms with Crippen LogP contribution in [0.4, 0.5) is 11.5 Å². The number of amides is 1. The van der Waals surface area contributed by atoms with Gasteiger partial charge >= 0.3 is 0 Å². The van der Waals surface area contributed by atoms with E-state index in [0.717, 1.165) is 30.6 Å². The SMILES string of the molecule is O=C(Nc1ccc(Cl)nn1)c1cccc2c1CCCN2. The number of carbonyl (C=O) groups excluding carboxylic acids is 1. The van der Waals surface area contributed by atoms with E-state index in [1.807, 2.05) is 18.2 Å². The molecule has 6 heteroatoms. The summed E-state index contributed by atoms with van der Waals surface area (Å²) in [6.45, 7) is 0.945. The third-order valence-corrected chi connectivity index (χ3v) is 3.41. The van der Waals surface area contributed by atoms with Crippen molar-refractivity contribution < 1.29 is 4.79 Å². The molecule has 0 unspecified atom stereocenters. The van der Waals surface area contributed by atoms with Gasteiger partial charge in [-0.3, -0.25) is 4.79 Å². The van der Waals surface area contributed by atoms with Gasteiger partial charge in [-0.15, -0.1) is 10.2 Å². The zero-order valence-electron chi connectivity index (χ0n) is 10.7. The number of benzene rings is 1. The second kappa shape index (κ2) is 5.46. The lowest BCUT2D eigenvalue weighted by Gasteiger charge is -2.20. The minimum Gasteiger partial charge on any atom is -0.385 e. The van der Waals surface area contributed by atoms with Crippen LogP contribution in [0.15, 0.2) is 30.3 Å². The topological polar surface area (TPSA) is 66.9 Å².